The van der Waals surface area contributed by atoms with Gasteiger partial charge in [-0.25, -0.2) is 4.79 Å². The zero-order valence-corrected chi connectivity index (χ0v) is 11.0. The van der Waals surface area contributed by atoms with Crippen molar-refractivity contribution in [2.24, 2.45) is 0 Å². The predicted octanol–water partition coefficient (Wildman–Crippen LogP) is 1.87. The minimum atomic E-state index is -1.65. The number of furan rings is 1. The summed E-state index contributed by atoms with van der Waals surface area (Å²) >= 11 is 0. The molecular formula is C11H15NO3Si. The Hall–Kier alpha value is -1.54. The van der Waals surface area contributed by atoms with E-state index < -0.39 is 14.0 Å². The molecule has 0 atom stereocenters. The molecule has 0 aliphatic rings. The van der Waals surface area contributed by atoms with E-state index in [0.29, 0.717) is 0 Å². The summed E-state index contributed by atoms with van der Waals surface area (Å²) in [7, 11) is -1.65. The minimum Gasteiger partial charge on any atom is -0.460 e. The average molecular weight is 237 g/mol. The van der Waals surface area contributed by atoms with E-state index in [2.05, 4.69) is 19.6 Å². The van der Waals surface area contributed by atoms with E-state index >= 15 is 0 Å². The van der Waals surface area contributed by atoms with E-state index in [1.54, 1.807) is 13.0 Å². The minimum absolute atomic E-state index is 0.0294. The number of hydrogen-bond donors (Lipinski definition) is 0. The smallest absolute Gasteiger partial charge is 0.375 e. The second-order valence-corrected chi connectivity index (χ2v) is 9.43. The Morgan fingerprint density at radius 3 is 2.62 bits per heavy atom. The lowest BCUT2D eigenvalue weighted by molar-refractivity contribution is 0.0491. The van der Waals surface area contributed by atoms with Crippen LogP contribution in [0.2, 0.25) is 19.6 Å². The van der Waals surface area contributed by atoms with Gasteiger partial charge in [0.2, 0.25) is 5.76 Å². The van der Waals surface area contributed by atoms with Crippen LogP contribution in [-0.4, -0.2) is 20.7 Å². The van der Waals surface area contributed by atoms with Crippen molar-refractivity contribution >= 4 is 19.4 Å². The molecule has 0 spiro atoms. The van der Waals surface area contributed by atoms with Crippen LogP contribution in [0.4, 0.5) is 0 Å². The molecule has 0 bridgehead atoms. The van der Waals surface area contributed by atoms with Gasteiger partial charge in [-0.3, -0.25) is 0 Å². The number of ether oxygens (including phenoxy) is 1. The first-order valence-electron chi connectivity index (χ1n) is 5.11. The molecule has 0 N–H and O–H groups in total. The number of carbonyl (C=O) groups is 1. The summed E-state index contributed by atoms with van der Waals surface area (Å²) in [5, 5.41) is 9.65. The van der Waals surface area contributed by atoms with E-state index in [1.165, 1.54) is 0 Å². The third kappa shape index (κ3) is 2.52. The molecule has 1 heterocycles. The highest BCUT2D eigenvalue weighted by Crippen LogP contribution is 2.13. The standard InChI is InChI=1S/C11H15NO3Si/c1-5-14-11(13)10-8(7-12)6-9(15-10)16(2,3)4/h6H,5H2,1-4H3. The number of nitrogens with zero attached hydrogens (tertiary/aromatic N) is 1. The number of nitriles is 1. The number of rotatable bonds is 3. The van der Waals surface area contributed by atoms with Crippen LogP contribution >= 0.6 is 0 Å². The summed E-state index contributed by atoms with van der Waals surface area (Å²) in [6.45, 7) is 8.24. The Balaban J connectivity index is 3.16. The first kappa shape index (κ1) is 12.5. The number of carbonyl (C=O) groups excluding carboxylic acids is 1. The van der Waals surface area contributed by atoms with Gasteiger partial charge in [-0.05, 0) is 13.0 Å². The zero-order valence-electron chi connectivity index (χ0n) is 9.96. The summed E-state index contributed by atoms with van der Waals surface area (Å²) in [5.74, 6) is -0.537. The fraction of sp³-hybridized carbons (Fsp3) is 0.455. The van der Waals surface area contributed by atoms with Crippen molar-refractivity contribution in [2.75, 3.05) is 6.61 Å². The SMILES string of the molecule is CCOC(=O)c1oc([Si](C)(C)C)cc1C#N. The first-order valence-corrected chi connectivity index (χ1v) is 8.61. The van der Waals surface area contributed by atoms with E-state index in [1.807, 2.05) is 6.07 Å². The molecule has 1 rings (SSSR count). The molecule has 0 unspecified atom stereocenters. The van der Waals surface area contributed by atoms with E-state index in [4.69, 9.17) is 14.4 Å². The second kappa shape index (κ2) is 4.54. The summed E-state index contributed by atoms with van der Waals surface area (Å²) in [6.07, 6.45) is 0. The van der Waals surface area contributed by atoms with Crippen molar-refractivity contribution < 1.29 is 13.9 Å². The highest BCUT2D eigenvalue weighted by Gasteiger charge is 2.27. The molecule has 0 saturated heterocycles. The largest absolute Gasteiger partial charge is 0.460 e. The van der Waals surface area contributed by atoms with Gasteiger partial charge < -0.3 is 9.15 Å². The lowest BCUT2D eigenvalue weighted by Gasteiger charge is -2.10. The molecule has 0 amide bonds. The van der Waals surface area contributed by atoms with Crippen LogP contribution in [0.1, 0.15) is 23.0 Å². The Labute approximate surface area is 95.8 Å². The first-order chi connectivity index (χ1) is 7.40. The van der Waals surface area contributed by atoms with Gasteiger partial charge in [-0.15, -0.1) is 0 Å². The Morgan fingerprint density at radius 1 is 1.56 bits per heavy atom. The van der Waals surface area contributed by atoms with Crippen LogP contribution in [0.5, 0.6) is 0 Å². The van der Waals surface area contributed by atoms with E-state index in [9.17, 15) is 4.79 Å². The quantitative estimate of drug-likeness (QED) is 0.594. The molecule has 4 nitrogen and oxygen atoms in total. The molecule has 0 radical (unpaired) electrons. The monoisotopic (exact) mass is 237 g/mol. The van der Waals surface area contributed by atoms with Gasteiger partial charge in [0, 0.05) is 0 Å². The van der Waals surface area contributed by atoms with Crippen LogP contribution in [0, 0.1) is 11.3 Å². The van der Waals surface area contributed by atoms with Crippen molar-refractivity contribution in [1.82, 2.24) is 0 Å². The van der Waals surface area contributed by atoms with Gasteiger partial charge in [0.25, 0.3) is 0 Å². The molecule has 0 aliphatic heterocycles. The Kier molecular flexibility index (Phi) is 3.55. The van der Waals surface area contributed by atoms with E-state index in [-0.39, 0.29) is 17.9 Å². The lowest BCUT2D eigenvalue weighted by atomic mass is 10.3. The number of hydrogen-bond acceptors (Lipinski definition) is 4. The van der Waals surface area contributed by atoms with Crippen molar-refractivity contribution in [3.63, 3.8) is 0 Å². The van der Waals surface area contributed by atoms with Gasteiger partial charge in [-0.2, -0.15) is 5.26 Å². The van der Waals surface area contributed by atoms with Crippen molar-refractivity contribution in [2.45, 2.75) is 26.6 Å². The molecule has 0 aliphatic carbocycles. The van der Waals surface area contributed by atoms with Gasteiger partial charge >= 0.3 is 5.97 Å². The maximum Gasteiger partial charge on any atom is 0.375 e. The van der Waals surface area contributed by atoms with Crippen LogP contribution in [0.3, 0.4) is 0 Å². The average Bonchev–Trinajstić information content (AvgIpc) is 2.61. The zero-order chi connectivity index (χ0) is 12.3. The maximum absolute atomic E-state index is 11.5. The number of esters is 1. The second-order valence-electron chi connectivity index (χ2n) is 4.44. The molecule has 1 aromatic rings. The van der Waals surface area contributed by atoms with Gasteiger partial charge in [0.05, 0.1) is 12.0 Å². The fourth-order valence-corrected chi connectivity index (χ4v) is 2.18. The Morgan fingerprint density at radius 2 is 2.19 bits per heavy atom. The van der Waals surface area contributed by atoms with Crippen LogP contribution in [-0.2, 0) is 4.74 Å². The topological polar surface area (TPSA) is 63.2 Å². The summed E-state index contributed by atoms with van der Waals surface area (Å²) < 4.78 is 10.3. The Bertz CT molecular complexity index is 437. The third-order valence-corrected chi connectivity index (χ3v) is 3.78. The summed E-state index contributed by atoms with van der Waals surface area (Å²) in [6, 6.07) is 3.61. The highest BCUT2D eigenvalue weighted by atomic mass is 28.3. The molecule has 1 aromatic heterocycles. The predicted molar refractivity (Wildman–Crippen MR) is 62.4 cm³/mol. The molecule has 16 heavy (non-hydrogen) atoms. The van der Waals surface area contributed by atoms with Crippen LogP contribution < -0.4 is 5.38 Å². The molecule has 0 aromatic carbocycles. The maximum atomic E-state index is 11.5. The molecule has 86 valence electrons. The van der Waals surface area contributed by atoms with Crippen molar-refractivity contribution in [3.8, 4) is 6.07 Å². The van der Waals surface area contributed by atoms with Crippen LogP contribution in [0.25, 0.3) is 0 Å². The normalized spacial score (nSPS) is 10.9. The van der Waals surface area contributed by atoms with E-state index in [0.717, 1.165) is 5.38 Å². The molecule has 5 heteroatoms. The molecule has 0 fully saturated rings. The third-order valence-electron chi connectivity index (χ3n) is 2.05. The van der Waals surface area contributed by atoms with Gasteiger partial charge in [-0.1, -0.05) is 19.6 Å². The van der Waals surface area contributed by atoms with Crippen molar-refractivity contribution in [1.29, 1.82) is 5.26 Å². The van der Waals surface area contributed by atoms with Gasteiger partial charge in [0.1, 0.15) is 19.7 Å². The summed E-state index contributed by atoms with van der Waals surface area (Å²) in [4.78, 5) is 11.5. The van der Waals surface area contributed by atoms with Crippen molar-refractivity contribution in [3.05, 3.63) is 17.4 Å². The van der Waals surface area contributed by atoms with Crippen LogP contribution in [0.15, 0.2) is 10.5 Å². The highest BCUT2D eigenvalue weighted by molar-refractivity contribution is 6.87. The fourth-order valence-electron chi connectivity index (χ4n) is 1.19. The summed E-state index contributed by atoms with van der Waals surface area (Å²) in [5.41, 5.74) is 0.260. The lowest BCUT2D eigenvalue weighted by Crippen LogP contribution is -2.36. The molecular weight excluding hydrogens is 222 g/mol. The molecule has 0 saturated carbocycles. The van der Waals surface area contributed by atoms with Gasteiger partial charge in [0.15, 0.2) is 0 Å².